The van der Waals surface area contributed by atoms with Gasteiger partial charge in [-0.25, -0.2) is 13.2 Å². The highest BCUT2D eigenvalue weighted by atomic mass is 32.2. The molecule has 9 heteroatoms. The summed E-state index contributed by atoms with van der Waals surface area (Å²) < 4.78 is 28.9. The molecule has 1 aromatic carbocycles. The highest BCUT2D eigenvalue weighted by Gasteiger charge is 2.22. The van der Waals surface area contributed by atoms with Gasteiger partial charge in [-0.2, -0.15) is 4.98 Å². The topological polar surface area (TPSA) is 113 Å². The number of anilines is 2. The van der Waals surface area contributed by atoms with Crippen LogP contribution in [0.2, 0.25) is 0 Å². The van der Waals surface area contributed by atoms with E-state index >= 15 is 0 Å². The highest BCUT2D eigenvalue weighted by molar-refractivity contribution is 7.91. The number of carbonyl (C=O) groups is 1. The smallest absolute Gasteiger partial charge is 0.357 e. The van der Waals surface area contributed by atoms with Gasteiger partial charge in [-0.1, -0.05) is 6.92 Å². The molecule has 2 aromatic rings. The van der Waals surface area contributed by atoms with Crippen LogP contribution >= 0.6 is 0 Å². The Hall–Kier alpha value is -2.55. The predicted molar refractivity (Wildman–Crippen MR) is 96.5 cm³/mol. The lowest BCUT2D eigenvalue weighted by atomic mass is 10.0. The molecule has 0 bridgehead atoms. The lowest BCUT2D eigenvalue weighted by molar-refractivity contribution is 0.0690. The van der Waals surface area contributed by atoms with Crippen molar-refractivity contribution in [3.8, 4) is 0 Å². The first kappa shape index (κ1) is 18.2. The zero-order valence-electron chi connectivity index (χ0n) is 14.4. The number of rotatable bonds is 6. The van der Waals surface area contributed by atoms with Gasteiger partial charge in [0.25, 0.3) is 6.01 Å². The minimum atomic E-state index is -3.18. The van der Waals surface area contributed by atoms with Crippen LogP contribution in [0.3, 0.4) is 0 Å². The molecule has 2 heterocycles. The van der Waals surface area contributed by atoms with Gasteiger partial charge in [0.1, 0.15) is 6.26 Å². The predicted octanol–water partition coefficient (Wildman–Crippen LogP) is 2.25. The van der Waals surface area contributed by atoms with E-state index in [2.05, 4.69) is 15.2 Å². The van der Waals surface area contributed by atoms with Crippen LogP contribution in [0.4, 0.5) is 11.7 Å². The molecule has 1 fully saturated rings. The number of benzene rings is 1. The summed E-state index contributed by atoms with van der Waals surface area (Å²) in [5.41, 5.74) is 0.870. The van der Waals surface area contributed by atoms with Crippen molar-refractivity contribution in [2.75, 3.05) is 29.1 Å². The minimum absolute atomic E-state index is 0.0911. The van der Waals surface area contributed by atoms with Gasteiger partial charge in [0.15, 0.2) is 15.5 Å². The van der Waals surface area contributed by atoms with E-state index in [1.165, 1.54) is 0 Å². The van der Waals surface area contributed by atoms with E-state index in [0.717, 1.165) is 37.9 Å². The molecule has 0 unspecified atom stereocenters. The first-order valence-corrected chi connectivity index (χ1v) is 10.1. The molecule has 8 nitrogen and oxygen atoms in total. The van der Waals surface area contributed by atoms with E-state index in [9.17, 15) is 13.2 Å². The van der Waals surface area contributed by atoms with Crippen molar-refractivity contribution in [3.05, 3.63) is 36.2 Å². The molecule has 26 heavy (non-hydrogen) atoms. The Kier molecular flexibility index (Phi) is 5.17. The van der Waals surface area contributed by atoms with Gasteiger partial charge in [-0.3, -0.25) is 0 Å². The van der Waals surface area contributed by atoms with Crippen molar-refractivity contribution in [1.29, 1.82) is 0 Å². The molecule has 0 radical (unpaired) electrons. The Labute approximate surface area is 151 Å². The average Bonchev–Trinajstić information content (AvgIpc) is 3.11. The Morgan fingerprint density at radius 1 is 1.31 bits per heavy atom. The minimum Gasteiger partial charge on any atom is -0.476 e. The summed E-state index contributed by atoms with van der Waals surface area (Å²) in [6.45, 7) is 3.22. The first-order valence-electron chi connectivity index (χ1n) is 8.42. The number of oxazole rings is 1. The molecule has 0 aliphatic carbocycles. The molecular formula is C17H21N3O5S. The quantitative estimate of drug-likeness (QED) is 0.786. The summed E-state index contributed by atoms with van der Waals surface area (Å²) in [7, 11) is -3.18. The summed E-state index contributed by atoms with van der Waals surface area (Å²) in [5, 5.41) is 12.0. The number of carboxylic acids is 1. The van der Waals surface area contributed by atoms with Crippen LogP contribution in [0, 0.1) is 0 Å². The molecule has 0 amide bonds. The molecule has 140 valence electrons. The third kappa shape index (κ3) is 3.98. The lowest BCUT2D eigenvalue weighted by Crippen LogP contribution is -2.39. The number of nitrogens with one attached hydrogen (secondary N) is 1. The lowest BCUT2D eigenvalue weighted by Gasteiger charge is -2.33. The van der Waals surface area contributed by atoms with Crippen LogP contribution in [-0.4, -0.2) is 49.4 Å². The van der Waals surface area contributed by atoms with Crippen LogP contribution in [-0.2, 0) is 9.84 Å². The van der Waals surface area contributed by atoms with E-state index < -0.39 is 15.8 Å². The van der Waals surface area contributed by atoms with Crippen molar-refractivity contribution < 1.29 is 22.7 Å². The van der Waals surface area contributed by atoms with Gasteiger partial charge >= 0.3 is 5.97 Å². The normalized spacial score (nSPS) is 15.8. The van der Waals surface area contributed by atoms with Gasteiger partial charge in [-0.15, -0.1) is 0 Å². The maximum absolute atomic E-state index is 11.9. The fourth-order valence-corrected chi connectivity index (χ4v) is 3.81. The van der Waals surface area contributed by atoms with Crippen LogP contribution in [0.1, 0.15) is 30.3 Å². The van der Waals surface area contributed by atoms with Crippen LogP contribution in [0.15, 0.2) is 39.8 Å². The van der Waals surface area contributed by atoms with E-state index in [1.807, 2.05) is 12.1 Å². The first-order chi connectivity index (χ1) is 12.4. The van der Waals surface area contributed by atoms with Crippen LogP contribution in [0.5, 0.6) is 0 Å². The molecule has 0 saturated carbocycles. The molecule has 1 aromatic heterocycles. The Morgan fingerprint density at radius 3 is 2.50 bits per heavy atom. The zero-order valence-corrected chi connectivity index (χ0v) is 15.2. The summed E-state index contributed by atoms with van der Waals surface area (Å²) >= 11 is 0. The number of hydrogen-bond acceptors (Lipinski definition) is 7. The van der Waals surface area contributed by atoms with Gasteiger partial charge in [0.2, 0.25) is 0 Å². The third-order valence-corrected chi connectivity index (χ3v) is 6.24. The van der Waals surface area contributed by atoms with Crippen molar-refractivity contribution in [2.45, 2.75) is 30.7 Å². The van der Waals surface area contributed by atoms with Gasteiger partial charge in [0.05, 0.1) is 10.6 Å². The molecule has 3 rings (SSSR count). The van der Waals surface area contributed by atoms with Crippen molar-refractivity contribution in [3.63, 3.8) is 0 Å². The summed E-state index contributed by atoms with van der Waals surface area (Å²) in [4.78, 5) is 17.2. The molecule has 1 saturated heterocycles. The highest BCUT2D eigenvalue weighted by Crippen LogP contribution is 2.24. The molecule has 0 spiro atoms. The SMILES string of the molecule is CCS(=O)(=O)c1ccc(N2CCC(Nc3nc(C(=O)O)co3)CC2)cc1. The second-order valence-corrected chi connectivity index (χ2v) is 8.42. The Morgan fingerprint density at radius 2 is 1.96 bits per heavy atom. The number of aromatic carboxylic acids is 1. The number of carboxylic acid groups (broad SMARTS) is 1. The Bertz CT molecular complexity index is 868. The average molecular weight is 379 g/mol. The maximum atomic E-state index is 11.9. The molecule has 1 aliphatic heterocycles. The number of sulfone groups is 1. The summed E-state index contributed by atoms with van der Waals surface area (Å²) in [6.07, 6.45) is 2.78. The number of nitrogens with zero attached hydrogens (tertiary/aromatic N) is 2. The molecule has 1 aliphatic rings. The maximum Gasteiger partial charge on any atom is 0.357 e. The second kappa shape index (κ2) is 7.36. The largest absolute Gasteiger partial charge is 0.476 e. The molecular weight excluding hydrogens is 358 g/mol. The Balaban J connectivity index is 1.57. The zero-order chi connectivity index (χ0) is 18.7. The number of piperidine rings is 1. The standard InChI is InChI=1S/C17H21N3O5S/c1-2-26(23,24)14-5-3-13(4-6-14)20-9-7-12(8-10-20)18-17-19-15(11-25-17)16(21)22/h3-6,11-12H,2,7-10H2,1H3,(H,18,19)(H,21,22). The number of hydrogen-bond donors (Lipinski definition) is 2. The van der Waals surface area contributed by atoms with Crippen LogP contribution < -0.4 is 10.2 Å². The summed E-state index contributed by atoms with van der Waals surface area (Å²) in [5.74, 6) is -1.03. The van der Waals surface area contributed by atoms with Crippen molar-refractivity contribution >= 4 is 27.5 Å². The van der Waals surface area contributed by atoms with Gasteiger partial charge < -0.3 is 19.7 Å². The molecule has 2 N–H and O–H groups in total. The van der Waals surface area contributed by atoms with Crippen molar-refractivity contribution in [2.24, 2.45) is 0 Å². The molecule has 0 atom stereocenters. The van der Waals surface area contributed by atoms with E-state index in [-0.39, 0.29) is 23.5 Å². The second-order valence-electron chi connectivity index (χ2n) is 6.15. The van der Waals surface area contributed by atoms with E-state index in [0.29, 0.717) is 4.90 Å². The fraction of sp³-hybridized carbons (Fsp3) is 0.412. The van der Waals surface area contributed by atoms with Gasteiger partial charge in [-0.05, 0) is 37.1 Å². The van der Waals surface area contributed by atoms with Crippen molar-refractivity contribution in [1.82, 2.24) is 4.98 Å². The monoisotopic (exact) mass is 379 g/mol. The van der Waals surface area contributed by atoms with Gasteiger partial charge in [0, 0.05) is 24.8 Å². The summed E-state index contributed by atoms with van der Waals surface area (Å²) in [6, 6.07) is 7.34. The number of aromatic nitrogens is 1. The van der Waals surface area contributed by atoms with Crippen LogP contribution in [0.25, 0.3) is 0 Å². The fourth-order valence-electron chi connectivity index (χ4n) is 2.93. The van der Waals surface area contributed by atoms with E-state index in [4.69, 9.17) is 9.52 Å². The third-order valence-electron chi connectivity index (χ3n) is 4.49. The van der Waals surface area contributed by atoms with E-state index in [1.54, 1.807) is 19.1 Å².